The van der Waals surface area contributed by atoms with Crippen molar-refractivity contribution < 1.29 is 19.4 Å². The highest BCUT2D eigenvalue weighted by Gasteiger charge is 2.13. The van der Waals surface area contributed by atoms with Crippen molar-refractivity contribution >= 4 is 43.8 Å². The molecule has 1 rings (SSSR count). The Bertz CT molecular complexity index is 663. The number of aliphatic carboxylic acids is 1. The van der Waals surface area contributed by atoms with Crippen LogP contribution in [-0.2, 0) is 9.59 Å². The van der Waals surface area contributed by atoms with Gasteiger partial charge in [-0.25, -0.2) is 0 Å². The maximum atomic E-state index is 11.8. The van der Waals surface area contributed by atoms with Gasteiger partial charge >= 0.3 is 11.9 Å². The first kappa shape index (κ1) is 28.6. The lowest BCUT2D eigenvalue weighted by atomic mass is 10.1. The molecular weight excluding hydrogens is 514 g/mol. The minimum atomic E-state index is -0.670. The summed E-state index contributed by atoms with van der Waals surface area (Å²) in [4.78, 5) is 21.8. The number of nitriles is 1. The van der Waals surface area contributed by atoms with E-state index in [2.05, 4.69) is 45.7 Å². The van der Waals surface area contributed by atoms with Crippen LogP contribution in [0.15, 0.2) is 21.1 Å². The van der Waals surface area contributed by atoms with Crippen molar-refractivity contribution in [2.24, 2.45) is 0 Å². The number of rotatable bonds is 13. The zero-order chi connectivity index (χ0) is 22.8. The number of hydrogen-bond donors (Lipinski definition) is 1. The van der Waals surface area contributed by atoms with Crippen LogP contribution < -0.4 is 4.74 Å². The summed E-state index contributed by atoms with van der Waals surface area (Å²) < 4.78 is 6.54. The Morgan fingerprint density at radius 3 is 1.80 bits per heavy atom. The fraction of sp³-hybridized carbons (Fsp3) is 0.609. The van der Waals surface area contributed by atoms with Crippen LogP contribution >= 0.6 is 31.9 Å². The summed E-state index contributed by atoms with van der Waals surface area (Å²) in [6.07, 6.45) is 11.8. The summed E-state index contributed by atoms with van der Waals surface area (Å²) in [7, 11) is 0. The van der Waals surface area contributed by atoms with Crippen molar-refractivity contribution in [3.8, 4) is 11.8 Å². The normalized spacial score (nSPS) is 9.97. The summed E-state index contributed by atoms with van der Waals surface area (Å²) in [6.45, 7) is 4.31. The molecule has 5 nitrogen and oxygen atoms in total. The van der Waals surface area contributed by atoms with Crippen LogP contribution in [0.2, 0.25) is 0 Å². The van der Waals surface area contributed by atoms with Crippen LogP contribution in [0, 0.1) is 11.3 Å². The van der Waals surface area contributed by atoms with Gasteiger partial charge in [0, 0.05) is 12.8 Å². The number of esters is 1. The molecule has 7 heteroatoms. The number of nitrogens with zero attached hydrogens (tertiary/aromatic N) is 1. The van der Waals surface area contributed by atoms with Crippen molar-refractivity contribution in [2.45, 2.75) is 90.9 Å². The van der Waals surface area contributed by atoms with E-state index < -0.39 is 5.97 Å². The van der Waals surface area contributed by atoms with Gasteiger partial charge in [-0.3, -0.25) is 9.59 Å². The average molecular weight is 547 g/mol. The van der Waals surface area contributed by atoms with Gasteiger partial charge < -0.3 is 9.84 Å². The van der Waals surface area contributed by atoms with E-state index in [1.165, 1.54) is 32.1 Å². The molecule has 0 saturated carbocycles. The predicted octanol–water partition coefficient (Wildman–Crippen LogP) is 7.78. The van der Waals surface area contributed by atoms with Crippen LogP contribution in [-0.4, -0.2) is 17.0 Å². The molecule has 1 N–H and O–H groups in total. The SMILES string of the molecule is CCCCCCCC(=O)O.CCCCCCCC(=O)Oc1c(Br)cc(C#N)cc1Br. The van der Waals surface area contributed by atoms with Gasteiger partial charge in [0.15, 0.2) is 5.75 Å². The highest BCUT2D eigenvalue weighted by atomic mass is 79.9. The highest BCUT2D eigenvalue weighted by Crippen LogP contribution is 2.35. The molecule has 0 aromatic heterocycles. The number of unbranched alkanes of at least 4 members (excludes halogenated alkanes) is 8. The molecule has 168 valence electrons. The second-order valence-corrected chi connectivity index (χ2v) is 8.79. The molecule has 1 aromatic carbocycles. The van der Waals surface area contributed by atoms with Crippen LogP contribution in [0.3, 0.4) is 0 Å². The summed E-state index contributed by atoms with van der Waals surface area (Å²) in [5.41, 5.74) is 0.503. The first-order chi connectivity index (χ1) is 14.3. The molecule has 30 heavy (non-hydrogen) atoms. The van der Waals surface area contributed by atoms with Crippen molar-refractivity contribution in [3.05, 3.63) is 26.6 Å². The standard InChI is InChI=1S/C15H17Br2NO2.C8H16O2/c1-2-3-4-5-6-7-14(19)20-15-12(16)8-11(10-18)9-13(15)17;1-2-3-4-5-6-7-8(9)10/h8-9H,2-7H2,1H3;2-7H2,1H3,(H,9,10). The summed E-state index contributed by atoms with van der Waals surface area (Å²) in [5.74, 6) is -0.480. The lowest BCUT2D eigenvalue weighted by Crippen LogP contribution is -2.08. The lowest BCUT2D eigenvalue weighted by molar-refractivity contribution is -0.137. The molecule has 0 radical (unpaired) electrons. The summed E-state index contributed by atoms with van der Waals surface area (Å²) >= 11 is 6.62. The van der Waals surface area contributed by atoms with E-state index in [1.54, 1.807) is 12.1 Å². The van der Waals surface area contributed by atoms with Gasteiger partial charge in [0.1, 0.15) is 0 Å². The predicted molar refractivity (Wildman–Crippen MR) is 127 cm³/mol. The van der Waals surface area contributed by atoms with Gasteiger partial charge in [0.05, 0.1) is 20.6 Å². The second kappa shape index (κ2) is 18.4. The smallest absolute Gasteiger partial charge is 0.311 e. The zero-order valence-electron chi connectivity index (χ0n) is 18.0. The molecule has 0 saturated heterocycles. The van der Waals surface area contributed by atoms with E-state index in [1.807, 2.05) is 6.07 Å². The molecule has 0 fully saturated rings. The number of ether oxygens (including phenoxy) is 1. The average Bonchev–Trinajstić information content (AvgIpc) is 2.70. The quantitative estimate of drug-likeness (QED) is 0.155. The Labute approximate surface area is 197 Å². The molecule has 0 atom stereocenters. The van der Waals surface area contributed by atoms with Crippen LogP contribution in [0.4, 0.5) is 0 Å². The number of carbonyl (C=O) groups excluding carboxylic acids is 1. The second-order valence-electron chi connectivity index (χ2n) is 7.08. The molecule has 0 amide bonds. The highest BCUT2D eigenvalue weighted by molar-refractivity contribution is 9.11. The number of hydrogen-bond acceptors (Lipinski definition) is 4. The fourth-order valence-corrected chi connectivity index (χ4v) is 3.99. The minimum absolute atomic E-state index is 0.243. The van der Waals surface area contributed by atoms with E-state index in [0.717, 1.165) is 32.1 Å². The van der Waals surface area contributed by atoms with Gasteiger partial charge in [-0.1, -0.05) is 65.2 Å². The van der Waals surface area contributed by atoms with Crippen LogP contribution in [0.1, 0.15) is 96.5 Å². The number of halogens is 2. The van der Waals surface area contributed by atoms with Crippen LogP contribution in [0.25, 0.3) is 0 Å². The maximum absolute atomic E-state index is 11.8. The van der Waals surface area contributed by atoms with Gasteiger partial charge in [-0.05, 0) is 56.8 Å². The third kappa shape index (κ3) is 14.6. The van der Waals surface area contributed by atoms with Gasteiger partial charge in [0.2, 0.25) is 0 Å². The van der Waals surface area contributed by atoms with E-state index in [0.29, 0.717) is 33.1 Å². The van der Waals surface area contributed by atoms with Crippen molar-refractivity contribution in [3.63, 3.8) is 0 Å². The Hall–Kier alpha value is -1.39. The number of carboxylic acids is 1. The number of carboxylic acid groups (broad SMARTS) is 1. The van der Waals surface area contributed by atoms with E-state index in [-0.39, 0.29) is 5.97 Å². The molecular formula is C23H33Br2NO4. The Balaban J connectivity index is 0.000000710. The third-order valence-electron chi connectivity index (χ3n) is 4.32. The van der Waals surface area contributed by atoms with Crippen molar-refractivity contribution in [1.29, 1.82) is 5.26 Å². The first-order valence-corrected chi connectivity index (χ1v) is 12.3. The zero-order valence-corrected chi connectivity index (χ0v) is 21.2. The topological polar surface area (TPSA) is 87.4 Å². The van der Waals surface area contributed by atoms with E-state index in [9.17, 15) is 9.59 Å². The molecule has 0 unspecified atom stereocenters. The molecule has 0 aliphatic rings. The molecule has 0 aliphatic carbocycles. The summed E-state index contributed by atoms with van der Waals surface area (Å²) in [6, 6.07) is 5.31. The largest absolute Gasteiger partial charge is 0.481 e. The first-order valence-electron chi connectivity index (χ1n) is 10.7. The molecule has 0 heterocycles. The van der Waals surface area contributed by atoms with E-state index >= 15 is 0 Å². The lowest BCUT2D eigenvalue weighted by Gasteiger charge is -2.09. The maximum Gasteiger partial charge on any atom is 0.311 e. The molecule has 0 bridgehead atoms. The Morgan fingerprint density at radius 2 is 1.37 bits per heavy atom. The Kier molecular flexibility index (Phi) is 17.5. The van der Waals surface area contributed by atoms with Crippen molar-refractivity contribution in [2.75, 3.05) is 0 Å². The molecule has 0 aliphatic heterocycles. The van der Waals surface area contributed by atoms with Gasteiger partial charge in [0.25, 0.3) is 0 Å². The fourth-order valence-electron chi connectivity index (χ4n) is 2.64. The monoisotopic (exact) mass is 545 g/mol. The number of carbonyl (C=O) groups is 2. The Morgan fingerprint density at radius 1 is 0.900 bits per heavy atom. The van der Waals surface area contributed by atoms with Crippen LogP contribution in [0.5, 0.6) is 5.75 Å². The minimum Gasteiger partial charge on any atom is -0.481 e. The van der Waals surface area contributed by atoms with E-state index in [4.69, 9.17) is 15.1 Å². The summed E-state index contributed by atoms with van der Waals surface area (Å²) in [5, 5.41) is 17.1. The van der Waals surface area contributed by atoms with Gasteiger partial charge in [-0.15, -0.1) is 0 Å². The molecule has 1 aromatic rings. The van der Waals surface area contributed by atoms with Crippen molar-refractivity contribution in [1.82, 2.24) is 0 Å². The third-order valence-corrected chi connectivity index (χ3v) is 5.50. The van der Waals surface area contributed by atoms with Gasteiger partial charge in [-0.2, -0.15) is 5.26 Å². The molecule has 0 spiro atoms. The number of benzene rings is 1.